The number of aromatic nitrogens is 2. The highest BCUT2D eigenvalue weighted by atomic mass is 127. The molecule has 5 nitrogen and oxygen atoms in total. The molecule has 1 heterocycles. The molecular weight excluding hydrogens is 445 g/mol. The van der Waals surface area contributed by atoms with Crippen LogP contribution in [0.4, 0.5) is 0 Å². The fourth-order valence-corrected chi connectivity index (χ4v) is 3.82. The van der Waals surface area contributed by atoms with Crippen molar-refractivity contribution in [2.75, 3.05) is 13.3 Å². The maximum absolute atomic E-state index is 4.61. The molecule has 0 saturated heterocycles. The second-order valence-corrected chi connectivity index (χ2v) is 7.16. The average Bonchev–Trinajstić information content (AvgIpc) is 3.28. The molecule has 0 amide bonds. The molecule has 2 aromatic rings. The summed E-state index contributed by atoms with van der Waals surface area (Å²) in [5.41, 5.74) is 2.07. The molecule has 1 fully saturated rings. The SMILES string of the molecule is CN=C(NCc1ccn(-c2ccccc2)n1)NC1CCC(SC)C1.I. The lowest BCUT2D eigenvalue weighted by molar-refractivity contribution is 0.613. The molecule has 0 aliphatic heterocycles. The number of nitrogens with one attached hydrogen (secondary N) is 2. The number of aliphatic imine (C=N–C) groups is 1. The van der Waals surface area contributed by atoms with Crippen molar-refractivity contribution < 1.29 is 0 Å². The van der Waals surface area contributed by atoms with Gasteiger partial charge in [0.15, 0.2) is 5.96 Å². The van der Waals surface area contributed by atoms with Crippen molar-refractivity contribution in [3.05, 3.63) is 48.3 Å². The molecule has 2 atom stereocenters. The zero-order valence-electron chi connectivity index (χ0n) is 14.7. The van der Waals surface area contributed by atoms with E-state index in [4.69, 9.17) is 0 Å². The number of thioether (sulfide) groups is 1. The second-order valence-electron chi connectivity index (χ2n) is 6.02. The van der Waals surface area contributed by atoms with E-state index in [1.807, 2.05) is 66.1 Å². The fourth-order valence-electron chi connectivity index (χ4n) is 3.03. The molecule has 2 unspecified atom stereocenters. The molecule has 3 rings (SSSR count). The summed E-state index contributed by atoms with van der Waals surface area (Å²) >= 11 is 1.97. The number of para-hydroxylation sites is 1. The molecule has 2 N–H and O–H groups in total. The van der Waals surface area contributed by atoms with Gasteiger partial charge in [0.1, 0.15) is 0 Å². The van der Waals surface area contributed by atoms with Gasteiger partial charge < -0.3 is 10.6 Å². The van der Waals surface area contributed by atoms with Gasteiger partial charge in [-0.2, -0.15) is 16.9 Å². The van der Waals surface area contributed by atoms with E-state index in [2.05, 4.69) is 27.0 Å². The zero-order chi connectivity index (χ0) is 16.8. The number of hydrogen-bond acceptors (Lipinski definition) is 3. The van der Waals surface area contributed by atoms with Crippen molar-refractivity contribution in [2.45, 2.75) is 37.1 Å². The Morgan fingerprint density at radius 2 is 2.08 bits per heavy atom. The molecule has 1 saturated carbocycles. The first-order valence-electron chi connectivity index (χ1n) is 8.38. The van der Waals surface area contributed by atoms with Gasteiger partial charge in [-0.3, -0.25) is 4.99 Å². The molecule has 136 valence electrons. The van der Waals surface area contributed by atoms with Crippen molar-refractivity contribution in [2.24, 2.45) is 4.99 Å². The van der Waals surface area contributed by atoms with E-state index in [0.29, 0.717) is 12.6 Å². The van der Waals surface area contributed by atoms with Crippen LogP contribution in [0, 0.1) is 0 Å². The number of rotatable bonds is 5. The molecule has 7 heteroatoms. The van der Waals surface area contributed by atoms with Crippen LogP contribution in [0.2, 0.25) is 0 Å². The molecule has 25 heavy (non-hydrogen) atoms. The standard InChI is InChI=1S/C18H25N5S.HI/c1-19-18(21-14-8-9-17(12-14)24-2)20-13-15-10-11-23(22-15)16-6-4-3-5-7-16;/h3-7,10-11,14,17H,8-9,12-13H2,1-2H3,(H2,19,20,21);1H. The molecule has 0 radical (unpaired) electrons. The third-order valence-corrected chi connectivity index (χ3v) is 5.48. The van der Waals surface area contributed by atoms with Crippen LogP contribution >= 0.6 is 35.7 Å². The summed E-state index contributed by atoms with van der Waals surface area (Å²) in [5.74, 6) is 0.857. The number of benzene rings is 1. The van der Waals surface area contributed by atoms with E-state index < -0.39 is 0 Å². The van der Waals surface area contributed by atoms with Crippen molar-refractivity contribution in [3.63, 3.8) is 0 Å². The van der Waals surface area contributed by atoms with Gasteiger partial charge in [-0.15, -0.1) is 24.0 Å². The molecule has 1 aromatic carbocycles. The normalized spacial score (nSPS) is 20.2. The summed E-state index contributed by atoms with van der Waals surface area (Å²) in [6.45, 7) is 0.665. The summed E-state index contributed by atoms with van der Waals surface area (Å²) in [6, 6.07) is 12.7. The third-order valence-electron chi connectivity index (χ3n) is 4.38. The quantitative estimate of drug-likeness (QED) is 0.399. The average molecular weight is 471 g/mol. The van der Waals surface area contributed by atoms with Crippen molar-refractivity contribution in [1.29, 1.82) is 0 Å². The van der Waals surface area contributed by atoms with Crippen LogP contribution in [0.25, 0.3) is 5.69 Å². The number of nitrogens with zero attached hydrogens (tertiary/aromatic N) is 3. The lowest BCUT2D eigenvalue weighted by Crippen LogP contribution is -2.42. The van der Waals surface area contributed by atoms with Gasteiger partial charge in [0, 0.05) is 24.5 Å². The van der Waals surface area contributed by atoms with Crippen LogP contribution in [0.1, 0.15) is 25.0 Å². The van der Waals surface area contributed by atoms with E-state index >= 15 is 0 Å². The Kier molecular flexibility index (Phi) is 8.08. The smallest absolute Gasteiger partial charge is 0.191 e. The monoisotopic (exact) mass is 471 g/mol. The summed E-state index contributed by atoms with van der Waals surface area (Å²) in [7, 11) is 1.82. The van der Waals surface area contributed by atoms with Gasteiger partial charge in [-0.25, -0.2) is 4.68 Å². The minimum Gasteiger partial charge on any atom is -0.354 e. The predicted molar refractivity (Wildman–Crippen MR) is 117 cm³/mol. The van der Waals surface area contributed by atoms with Crippen LogP contribution < -0.4 is 10.6 Å². The Morgan fingerprint density at radius 1 is 1.28 bits per heavy atom. The van der Waals surface area contributed by atoms with E-state index in [1.54, 1.807) is 0 Å². The summed E-state index contributed by atoms with van der Waals surface area (Å²) in [6.07, 6.45) is 7.91. The van der Waals surface area contributed by atoms with E-state index in [0.717, 1.165) is 22.6 Å². The highest BCUT2D eigenvalue weighted by Gasteiger charge is 2.24. The maximum atomic E-state index is 4.61. The first-order valence-corrected chi connectivity index (χ1v) is 9.67. The molecule has 0 spiro atoms. The van der Waals surface area contributed by atoms with Crippen LogP contribution in [0.5, 0.6) is 0 Å². The molecule has 1 aromatic heterocycles. The van der Waals surface area contributed by atoms with Gasteiger partial charge in [0.2, 0.25) is 0 Å². The van der Waals surface area contributed by atoms with Gasteiger partial charge in [0.25, 0.3) is 0 Å². The topological polar surface area (TPSA) is 54.2 Å². The Labute approximate surface area is 171 Å². The van der Waals surface area contributed by atoms with E-state index in [9.17, 15) is 0 Å². The molecule has 1 aliphatic carbocycles. The Hall–Kier alpha value is -1.22. The maximum Gasteiger partial charge on any atom is 0.191 e. The summed E-state index contributed by atoms with van der Waals surface area (Å²) in [5, 5.41) is 12.3. The van der Waals surface area contributed by atoms with Crippen LogP contribution in [0.15, 0.2) is 47.6 Å². The van der Waals surface area contributed by atoms with Crippen molar-refractivity contribution >= 4 is 41.7 Å². The Balaban J connectivity index is 0.00000225. The fraction of sp³-hybridized carbons (Fsp3) is 0.444. The first-order chi connectivity index (χ1) is 11.8. The largest absolute Gasteiger partial charge is 0.354 e. The minimum atomic E-state index is 0. The van der Waals surface area contributed by atoms with Gasteiger partial charge >= 0.3 is 0 Å². The van der Waals surface area contributed by atoms with Crippen LogP contribution in [-0.4, -0.2) is 40.3 Å². The Morgan fingerprint density at radius 3 is 2.76 bits per heavy atom. The van der Waals surface area contributed by atoms with E-state index in [-0.39, 0.29) is 24.0 Å². The van der Waals surface area contributed by atoms with Gasteiger partial charge in [-0.1, -0.05) is 18.2 Å². The van der Waals surface area contributed by atoms with E-state index in [1.165, 1.54) is 19.3 Å². The van der Waals surface area contributed by atoms with Crippen LogP contribution in [0.3, 0.4) is 0 Å². The predicted octanol–water partition coefficient (Wildman–Crippen LogP) is 3.44. The first kappa shape index (κ1) is 20.1. The highest BCUT2D eigenvalue weighted by Crippen LogP contribution is 2.27. The van der Waals surface area contributed by atoms with Crippen molar-refractivity contribution in [3.8, 4) is 5.69 Å². The minimum absolute atomic E-state index is 0. The summed E-state index contributed by atoms with van der Waals surface area (Å²) in [4.78, 5) is 4.34. The Bertz CT molecular complexity index is 673. The lowest BCUT2D eigenvalue weighted by atomic mass is 10.2. The second kappa shape index (κ2) is 10.1. The number of guanidine groups is 1. The summed E-state index contributed by atoms with van der Waals surface area (Å²) < 4.78 is 1.90. The third kappa shape index (κ3) is 5.64. The zero-order valence-corrected chi connectivity index (χ0v) is 17.8. The number of hydrogen-bond donors (Lipinski definition) is 2. The van der Waals surface area contributed by atoms with Gasteiger partial charge in [-0.05, 0) is 43.7 Å². The molecule has 0 bridgehead atoms. The van der Waals surface area contributed by atoms with Crippen molar-refractivity contribution in [1.82, 2.24) is 20.4 Å². The van der Waals surface area contributed by atoms with Crippen LogP contribution in [-0.2, 0) is 6.54 Å². The number of halogens is 1. The van der Waals surface area contributed by atoms with Gasteiger partial charge in [0.05, 0.1) is 17.9 Å². The molecule has 1 aliphatic rings. The highest BCUT2D eigenvalue weighted by molar-refractivity contribution is 14.0. The lowest BCUT2D eigenvalue weighted by Gasteiger charge is -2.16. The molecular formula is C18H26IN5S.